The highest BCUT2D eigenvalue weighted by molar-refractivity contribution is 5.97. The van der Waals surface area contributed by atoms with E-state index in [9.17, 15) is 9.59 Å². The molecule has 1 unspecified atom stereocenters. The zero-order valence-corrected chi connectivity index (χ0v) is 16.7. The van der Waals surface area contributed by atoms with Crippen molar-refractivity contribution in [2.75, 3.05) is 19.0 Å². The molecule has 1 N–H and O–H groups in total. The summed E-state index contributed by atoms with van der Waals surface area (Å²) < 4.78 is 7.09. The molecule has 4 rings (SSSR count). The van der Waals surface area contributed by atoms with Crippen LogP contribution in [0.15, 0.2) is 61.2 Å². The standard InChI is InChI=1S/C22H23N5O3/c1-30-20-5-3-2-4-17(20)12-26-13-18(10-21(26)28)22(29)25-19-8-6-16(7-9-19)11-27-15-23-14-24-27/h2-9,14-15,18H,10-13H2,1H3,(H,25,29). The van der Waals surface area contributed by atoms with Crippen molar-refractivity contribution < 1.29 is 14.3 Å². The molecule has 154 valence electrons. The van der Waals surface area contributed by atoms with E-state index in [0.29, 0.717) is 25.3 Å². The molecule has 0 radical (unpaired) electrons. The Morgan fingerprint density at radius 1 is 1.17 bits per heavy atom. The number of hydrogen-bond acceptors (Lipinski definition) is 5. The van der Waals surface area contributed by atoms with Crippen LogP contribution < -0.4 is 10.1 Å². The van der Waals surface area contributed by atoms with Crippen molar-refractivity contribution in [1.82, 2.24) is 19.7 Å². The van der Waals surface area contributed by atoms with E-state index in [1.54, 1.807) is 23.0 Å². The Bertz CT molecular complexity index is 1020. The van der Waals surface area contributed by atoms with Gasteiger partial charge in [0.2, 0.25) is 11.8 Å². The number of nitrogens with zero attached hydrogens (tertiary/aromatic N) is 4. The van der Waals surface area contributed by atoms with Crippen molar-refractivity contribution in [1.29, 1.82) is 0 Å². The smallest absolute Gasteiger partial charge is 0.229 e. The first-order chi connectivity index (χ1) is 14.6. The normalized spacial score (nSPS) is 16.0. The summed E-state index contributed by atoms with van der Waals surface area (Å²) in [6, 6.07) is 15.2. The Morgan fingerprint density at radius 2 is 1.97 bits per heavy atom. The van der Waals surface area contributed by atoms with E-state index < -0.39 is 0 Å². The Hall–Kier alpha value is -3.68. The van der Waals surface area contributed by atoms with Gasteiger partial charge in [-0.05, 0) is 23.8 Å². The van der Waals surface area contributed by atoms with Crippen LogP contribution in [0.2, 0.25) is 0 Å². The number of hydrogen-bond donors (Lipinski definition) is 1. The number of para-hydroxylation sites is 1. The number of likely N-dealkylation sites (tertiary alicyclic amines) is 1. The summed E-state index contributed by atoms with van der Waals surface area (Å²) in [5, 5.41) is 7.00. The minimum atomic E-state index is -0.373. The summed E-state index contributed by atoms with van der Waals surface area (Å²) in [6.45, 7) is 1.44. The third kappa shape index (κ3) is 4.48. The summed E-state index contributed by atoms with van der Waals surface area (Å²) in [5.74, 6) is 0.199. The van der Waals surface area contributed by atoms with Gasteiger partial charge in [-0.25, -0.2) is 9.67 Å². The lowest BCUT2D eigenvalue weighted by Gasteiger charge is -2.18. The van der Waals surface area contributed by atoms with Crippen molar-refractivity contribution in [3.8, 4) is 5.75 Å². The highest BCUT2D eigenvalue weighted by Gasteiger charge is 2.34. The highest BCUT2D eigenvalue weighted by Crippen LogP contribution is 2.25. The lowest BCUT2D eigenvalue weighted by Crippen LogP contribution is -2.28. The summed E-state index contributed by atoms with van der Waals surface area (Å²) in [5.41, 5.74) is 2.69. The third-order valence-electron chi connectivity index (χ3n) is 5.17. The number of carbonyl (C=O) groups is 2. The number of carbonyl (C=O) groups excluding carboxylic acids is 2. The van der Waals surface area contributed by atoms with Crippen molar-refractivity contribution in [3.05, 3.63) is 72.3 Å². The predicted molar refractivity (Wildman–Crippen MR) is 111 cm³/mol. The van der Waals surface area contributed by atoms with Gasteiger partial charge in [0.25, 0.3) is 0 Å². The topological polar surface area (TPSA) is 89.3 Å². The van der Waals surface area contributed by atoms with E-state index >= 15 is 0 Å². The predicted octanol–water partition coefficient (Wildman–Crippen LogP) is 2.32. The monoisotopic (exact) mass is 405 g/mol. The number of methoxy groups -OCH3 is 1. The lowest BCUT2D eigenvalue weighted by atomic mass is 10.1. The Labute approximate surface area is 174 Å². The average molecular weight is 405 g/mol. The van der Waals surface area contributed by atoms with Crippen LogP contribution in [0.25, 0.3) is 0 Å². The SMILES string of the molecule is COc1ccccc1CN1CC(C(=O)Nc2ccc(Cn3cncn3)cc2)CC1=O. The average Bonchev–Trinajstić information content (AvgIpc) is 3.40. The molecule has 1 aliphatic heterocycles. The first kappa shape index (κ1) is 19.6. The molecule has 8 heteroatoms. The van der Waals surface area contributed by atoms with Gasteiger partial charge >= 0.3 is 0 Å². The zero-order chi connectivity index (χ0) is 20.9. The maximum absolute atomic E-state index is 12.7. The minimum absolute atomic E-state index is 0.0239. The highest BCUT2D eigenvalue weighted by atomic mass is 16.5. The molecule has 0 bridgehead atoms. The van der Waals surface area contributed by atoms with Crippen molar-refractivity contribution >= 4 is 17.5 Å². The van der Waals surface area contributed by atoms with E-state index in [0.717, 1.165) is 16.9 Å². The van der Waals surface area contributed by atoms with Gasteiger partial charge in [-0.3, -0.25) is 9.59 Å². The van der Waals surface area contributed by atoms with Gasteiger partial charge in [-0.15, -0.1) is 0 Å². The van der Waals surface area contributed by atoms with Gasteiger partial charge in [0, 0.05) is 30.8 Å². The Kier molecular flexibility index (Phi) is 5.74. The first-order valence-corrected chi connectivity index (χ1v) is 9.74. The molecular formula is C22H23N5O3. The largest absolute Gasteiger partial charge is 0.496 e. The second kappa shape index (κ2) is 8.77. The summed E-state index contributed by atoms with van der Waals surface area (Å²) in [6.07, 6.45) is 3.36. The molecular weight excluding hydrogens is 382 g/mol. The van der Waals surface area contributed by atoms with Crippen LogP contribution in [0.3, 0.4) is 0 Å². The van der Waals surface area contributed by atoms with E-state index in [-0.39, 0.29) is 24.2 Å². The van der Waals surface area contributed by atoms with Crippen LogP contribution in [0.1, 0.15) is 17.5 Å². The van der Waals surface area contributed by atoms with Crippen LogP contribution >= 0.6 is 0 Å². The van der Waals surface area contributed by atoms with E-state index in [4.69, 9.17) is 4.74 Å². The molecule has 1 atom stereocenters. The van der Waals surface area contributed by atoms with Crippen LogP contribution in [0.5, 0.6) is 5.75 Å². The maximum Gasteiger partial charge on any atom is 0.229 e. The number of anilines is 1. The van der Waals surface area contributed by atoms with Gasteiger partial charge in [0.05, 0.1) is 19.6 Å². The number of aromatic nitrogens is 3. The Morgan fingerprint density at radius 3 is 2.70 bits per heavy atom. The van der Waals surface area contributed by atoms with Crippen LogP contribution in [-0.2, 0) is 22.7 Å². The Balaban J connectivity index is 1.34. The molecule has 1 fully saturated rings. The maximum atomic E-state index is 12.7. The van der Waals surface area contributed by atoms with Gasteiger partial charge < -0.3 is 15.0 Å². The first-order valence-electron chi connectivity index (χ1n) is 9.74. The molecule has 1 aromatic heterocycles. The van der Waals surface area contributed by atoms with Crippen molar-refractivity contribution in [3.63, 3.8) is 0 Å². The van der Waals surface area contributed by atoms with E-state index in [1.165, 1.54) is 6.33 Å². The molecule has 0 spiro atoms. The molecule has 8 nitrogen and oxygen atoms in total. The van der Waals surface area contributed by atoms with Gasteiger partial charge in [0.15, 0.2) is 0 Å². The fourth-order valence-electron chi connectivity index (χ4n) is 3.58. The number of nitrogens with one attached hydrogen (secondary N) is 1. The molecule has 2 aromatic carbocycles. The van der Waals surface area contributed by atoms with E-state index in [2.05, 4.69) is 15.4 Å². The van der Waals surface area contributed by atoms with Crippen LogP contribution in [-0.4, -0.2) is 45.1 Å². The number of benzene rings is 2. The molecule has 1 aliphatic rings. The van der Waals surface area contributed by atoms with Gasteiger partial charge in [0.1, 0.15) is 18.4 Å². The zero-order valence-electron chi connectivity index (χ0n) is 16.7. The fraction of sp³-hybridized carbons (Fsp3) is 0.273. The molecule has 2 heterocycles. The van der Waals surface area contributed by atoms with Crippen LogP contribution in [0, 0.1) is 5.92 Å². The van der Waals surface area contributed by atoms with Gasteiger partial charge in [-0.2, -0.15) is 5.10 Å². The number of ether oxygens (including phenoxy) is 1. The second-order valence-electron chi connectivity index (χ2n) is 7.27. The molecule has 30 heavy (non-hydrogen) atoms. The summed E-state index contributed by atoms with van der Waals surface area (Å²) in [4.78, 5) is 30.8. The summed E-state index contributed by atoms with van der Waals surface area (Å²) in [7, 11) is 1.61. The number of rotatable bonds is 7. The molecule has 0 saturated carbocycles. The molecule has 0 aliphatic carbocycles. The van der Waals surface area contributed by atoms with Crippen molar-refractivity contribution in [2.24, 2.45) is 5.92 Å². The minimum Gasteiger partial charge on any atom is -0.496 e. The molecule has 3 aromatic rings. The molecule has 2 amide bonds. The lowest BCUT2D eigenvalue weighted by molar-refractivity contribution is -0.128. The van der Waals surface area contributed by atoms with Gasteiger partial charge in [-0.1, -0.05) is 30.3 Å². The summed E-state index contributed by atoms with van der Waals surface area (Å²) >= 11 is 0. The molecule has 1 saturated heterocycles. The van der Waals surface area contributed by atoms with Crippen molar-refractivity contribution in [2.45, 2.75) is 19.5 Å². The number of amides is 2. The third-order valence-corrected chi connectivity index (χ3v) is 5.17. The second-order valence-corrected chi connectivity index (χ2v) is 7.27. The van der Waals surface area contributed by atoms with E-state index in [1.807, 2.05) is 48.5 Å². The van der Waals surface area contributed by atoms with Crippen LogP contribution in [0.4, 0.5) is 5.69 Å². The quantitative estimate of drug-likeness (QED) is 0.652. The fourth-order valence-corrected chi connectivity index (χ4v) is 3.58.